The molecule has 1 amide bonds. The van der Waals surface area contributed by atoms with Gasteiger partial charge in [0, 0.05) is 12.1 Å². The second kappa shape index (κ2) is 5.14. The van der Waals surface area contributed by atoms with E-state index < -0.39 is 0 Å². The van der Waals surface area contributed by atoms with Gasteiger partial charge in [0.2, 0.25) is 5.91 Å². The van der Waals surface area contributed by atoms with Gasteiger partial charge >= 0.3 is 0 Å². The fourth-order valence-corrected chi connectivity index (χ4v) is 2.64. The summed E-state index contributed by atoms with van der Waals surface area (Å²) in [5.74, 6) is 2.40. The first-order chi connectivity index (χ1) is 8.49. The maximum absolute atomic E-state index is 12.2. The van der Waals surface area contributed by atoms with Gasteiger partial charge in [-0.2, -0.15) is 0 Å². The largest absolute Gasteiger partial charge is 0.466 e. The number of nitrogens with one attached hydrogen (secondary N) is 2. The monoisotopic (exact) mass is 250 g/mol. The summed E-state index contributed by atoms with van der Waals surface area (Å²) in [6.45, 7) is 9.68. The molecule has 100 valence electrons. The number of aryl methyl sites for hydroxylation is 2. The van der Waals surface area contributed by atoms with E-state index in [2.05, 4.69) is 17.6 Å². The Morgan fingerprint density at radius 2 is 2.22 bits per heavy atom. The minimum atomic E-state index is 0.00255. The zero-order valence-electron chi connectivity index (χ0n) is 11.5. The molecule has 0 aliphatic carbocycles. The summed E-state index contributed by atoms with van der Waals surface area (Å²) in [7, 11) is 0. The molecule has 1 aliphatic heterocycles. The van der Waals surface area contributed by atoms with E-state index in [9.17, 15) is 4.79 Å². The molecule has 1 aliphatic rings. The molecule has 0 spiro atoms. The van der Waals surface area contributed by atoms with Crippen molar-refractivity contribution in [2.75, 3.05) is 13.1 Å². The van der Waals surface area contributed by atoms with E-state index in [1.54, 1.807) is 0 Å². The molecule has 0 bridgehead atoms. The lowest BCUT2D eigenvalue weighted by Gasteiger charge is -2.18. The topological polar surface area (TPSA) is 54.3 Å². The van der Waals surface area contributed by atoms with Crippen LogP contribution in [0.25, 0.3) is 0 Å². The smallest absolute Gasteiger partial charge is 0.225 e. The maximum atomic E-state index is 12.2. The Balaban J connectivity index is 2.01. The summed E-state index contributed by atoms with van der Waals surface area (Å²) < 4.78 is 5.50. The van der Waals surface area contributed by atoms with Gasteiger partial charge in [-0.05, 0) is 39.3 Å². The predicted octanol–water partition coefficient (Wildman–Crippen LogP) is 1.93. The molecular formula is C14H22N2O2. The fraction of sp³-hybridized carbons (Fsp3) is 0.643. The first kappa shape index (κ1) is 13.1. The Labute approximate surface area is 108 Å². The molecule has 1 aromatic heterocycles. The van der Waals surface area contributed by atoms with Crippen LogP contribution in [0.2, 0.25) is 0 Å². The fourth-order valence-electron chi connectivity index (χ4n) is 2.64. The van der Waals surface area contributed by atoms with Gasteiger partial charge in [-0.25, -0.2) is 0 Å². The van der Waals surface area contributed by atoms with Gasteiger partial charge in [-0.3, -0.25) is 4.79 Å². The van der Waals surface area contributed by atoms with Crippen LogP contribution in [0.4, 0.5) is 0 Å². The number of carbonyl (C=O) groups excluding carboxylic acids is 1. The van der Waals surface area contributed by atoms with Crippen molar-refractivity contribution in [2.45, 2.75) is 33.7 Å². The van der Waals surface area contributed by atoms with Crippen molar-refractivity contribution in [3.8, 4) is 0 Å². The lowest BCUT2D eigenvalue weighted by molar-refractivity contribution is -0.126. The van der Waals surface area contributed by atoms with Gasteiger partial charge in [0.05, 0.1) is 12.0 Å². The van der Waals surface area contributed by atoms with Crippen LogP contribution >= 0.6 is 0 Å². The SMILES string of the molecule is Cc1cc(C(C)NC(=O)C2CNCC2C)c(C)o1. The number of hydrogen-bond donors (Lipinski definition) is 2. The molecule has 4 heteroatoms. The number of carbonyl (C=O) groups is 1. The highest BCUT2D eigenvalue weighted by Crippen LogP contribution is 2.23. The van der Waals surface area contributed by atoms with Gasteiger partial charge in [0.15, 0.2) is 0 Å². The van der Waals surface area contributed by atoms with Crippen molar-refractivity contribution in [2.24, 2.45) is 11.8 Å². The van der Waals surface area contributed by atoms with Crippen molar-refractivity contribution in [1.82, 2.24) is 10.6 Å². The molecular weight excluding hydrogens is 228 g/mol. The van der Waals surface area contributed by atoms with Gasteiger partial charge in [-0.1, -0.05) is 6.92 Å². The molecule has 2 N–H and O–H groups in total. The Bertz CT molecular complexity index is 439. The molecule has 1 saturated heterocycles. The molecule has 2 rings (SSSR count). The zero-order valence-corrected chi connectivity index (χ0v) is 11.5. The standard InChI is InChI=1S/C14H22N2O2/c1-8-6-15-7-13(8)14(17)16-10(3)12-5-9(2)18-11(12)4/h5,8,10,13,15H,6-7H2,1-4H3,(H,16,17). The van der Waals surface area contributed by atoms with Crippen molar-refractivity contribution in [1.29, 1.82) is 0 Å². The van der Waals surface area contributed by atoms with Crippen molar-refractivity contribution in [3.05, 3.63) is 23.2 Å². The van der Waals surface area contributed by atoms with Crippen LogP contribution in [0.3, 0.4) is 0 Å². The lowest BCUT2D eigenvalue weighted by Crippen LogP contribution is -2.36. The first-order valence-corrected chi connectivity index (χ1v) is 6.57. The van der Waals surface area contributed by atoms with Gasteiger partial charge in [0.25, 0.3) is 0 Å². The number of amides is 1. The molecule has 0 radical (unpaired) electrons. The molecule has 0 aromatic carbocycles. The third-order valence-corrected chi connectivity index (χ3v) is 3.76. The molecule has 3 unspecified atom stereocenters. The number of hydrogen-bond acceptors (Lipinski definition) is 3. The molecule has 4 nitrogen and oxygen atoms in total. The van der Waals surface area contributed by atoms with Gasteiger partial charge in [-0.15, -0.1) is 0 Å². The Hall–Kier alpha value is -1.29. The number of rotatable bonds is 3. The Kier molecular flexibility index (Phi) is 3.76. The van der Waals surface area contributed by atoms with Crippen LogP contribution in [0.1, 0.15) is 37.0 Å². The third kappa shape index (κ3) is 2.58. The van der Waals surface area contributed by atoms with Gasteiger partial charge in [0.1, 0.15) is 11.5 Å². The van der Waals surface area contributed by atoms with Crippen molar-refractivity contribution in [3.63, 3.8) is 0 Å². The summed E-state index contributed by atoms with van der Waals surface area (Å²) in [5.41, 5.74) is 1.07. The first-order valence-electron chi connectivity index (χ1n) is 6.57. The number of furan rings is 1. The molecule has 2 heterocycles. The molecule has 3 atom stereocenters. The molecule has 0 saturated carbocycles. The van der Waals surface area contributed by atoms with Crippen LogP contribution in [0.15, 0.2) is 10.5 Å². The average molecular weight is 250 g/mol. The quantitative estimate of drug-likeness (QED) is 0.862. The second-order valence-electron chi connectivity index (χ2n) is 5.34. The lowest BCUT2D eigenvalue weighted by atomic mass is 9.96. The summed E-state index contributed by atoms with van der Waals surface area (Å²) in [6.07, 6.45) is 0. The van der Waals surface area contributed by atoms with E-state index in [0.29, 0.717) is 5.92 Å². The summed E-state index contributed by atoms with van der Waals surface area (Å²) in [4.78, 5) is 12.2. The normalized spacial score (nSPS) is 25.1. The van der Waals surface area contributed by atoms with E-state index in [4.69, 9.17) is 4.42 Å². The van der Waals surface area contributed by atoms with Crippen LogP contribution < -0.4 is 10.6 Å². The summed E-state index contributed by atoms with van der Waals surface area (Å²) in [5, 5.41) is 6.34. The summed E-state index contributed by atoms with van der Waals surface area (Å²) >= 11 is 0. The average Bonchev–Trinajstić information content (AvgIpc) is 2.84. The highest BCUT2D eigenvalue weighted by molar-refractivity contribution is 5.80. The van der Waals surface area contributed by atoms with E-state index >= 15 is 0 Å². The predicted molar refractivity (Wildman–Crippen MR) is 70.3 cm³/mol. The van der Waals surface area contributed by atoms with Crippen LogP contribution in [-0.2, 0) is 4.79 Å². The molecule has 1 fully saturated rings. The summed E-state index contributed by atoms with van der Waals surface area (Å²) in [6, 6.07) is 2.00. The third-order valence-electron chi connectivity index (χ3n) is 3.76. The Morgan fingerprint density at radius 1 is 1.50 bits per heavy atom. The molecule has 18 heavy (non-hydrogen) atoms. The zero-order chi connectivity index (χ0) is 13.3. The Morgan fingerprint density at radius 3 is 2.72 bits per heavy atom. The molecule has 1 aromatic rings. The van der Waals surface area contributed by atoms with Crippen LogP contribution in [-0.4, -0.2) is 19.0 Å². The van der Waals surface area contributed by atoms with Crippen molar-refractivity contribution < 1.29 is 9.21 Å². The van der Waals surface area contributed by atoms with E-state index in [0.717, 1.165) is 30.2 Å². The van der Waals surface area contributed by atoms with Gasteiger partial charge < -0.3 is 15.1 Å². The van der Waals surface area contributed by atoms with Crippen molar-refractivity contribution >= 4 is 5.91 Å². The van der Waals surface area contributed by atoms with Crippen LogP contribution in [0, 0.1) is 25.7 Å². The highest BCUT2D eigenvalue weighted by atomic mass is 16.3. The van der Waals surface area contributed by atoms with Crippen LogP contribution in [0.5, 0.6) is 0 Å². The van der Waals surface area contributed by atoms with E-state index in [1.807, 2.05) is 26.8 Å². The maximum Gasteiger partial charge on any atom is 0.225 e. The minimum Gasteiger partial charge on any atom is -0.466 e. The van der Waals surface area contributed by atoms with E-state index in [-0.39, 0.29) is 17.9 Å². The highest BCUT2D eigenvalue weighted by Gasteiger charge is 2.30. The second-order valence-corrected chi connectivity index (χ2v) is 5.34. The van der Waals surface area contributed by atoms with E-state index in [1.165, 1.54) is 0 Å². The minimum absolute atomic E-state index is 0.00255.